The van der Waals surface area contributed by atoms with Crippen molar-refractivity contribution in [3.8, 4) is 11.3 Å². The highest BCUT2D eigenvalue weighted by molar-refractivity contribution is 5.58. The SMILES string of the molecule is CCc1nnc2ccc(-c3cccnc3)nn12. The number of hydrogen-bond acceptors (Lipinski definition) is 4. The first-order valence-electron chi connectivity index (χ1n) is 5.50. The van der Waals surface area contributed by atoms with Gasteiger partial charge in [-0.25, -0.2) is 0 Å². The number of nitrogens with zero attached hydrogens (tertiary/aromatic N) is 5. The van der Waals surface area contributed by atoms with Gasteiger partial charge in [0.15, 0.2) is 11.5 Å². The van der Waals surface area contributed by atoms with E-state index in [0.29, 0.717) is 0 Å². The zero-order valence-electron chi connectivity index (χ0n) is 9.41. The van der Waals surface area contributed by atoms with E-state index in [1.54, 1.807) is 16.9 Å². The van der Waals surface area contributed by atoms with Crippen LogP contribution in [0.3, 0.4) is 0 Å². The van der Waals surface area contributed by atoms with Crippen LogP contribution in [0, 0.1) is 0 Å². The molecular formula is C12H11N5. The fourth-order valence-electron chi connectivity index (χ4n) is 1.72. The minimum Gasteiger partial charge on any atom is -0.264 e. The maximum atomic E-state index is 4.53. The van der Waals surface area contributed by atoms with Gasteiger partial charge in [-0.3, -0.25) is 4.98 Å². The first-order valence-corrected chi connectivity index (χ1v) is 5.50. The standard InChI is InChI=1S/C12H11N5/c1-2-11-14-15-12-6-5-10(16-17(11)12)9-4-3-7-13-8-9/h3-8H,2H2,1H3. The van der Waals surface area contributed by atoms with Crippen molar-refractivity contribution in [1.29, 1.82) is 0 Å². The Hall–Kier alpha value is -2.30. The minimum atomic E-state index is 0.773. The molecule has 17 heavy (non-hydrogen) atoms. The molecule has 0 saturated heterocycles. The molecule has 5 heteroatoms. The maximum absolute atomic E-state index is 4.53. The van der Waals surface area contributed by atoms with Crippen molar-refractivity contribution in [2.24, 2.45) is 0 Å². The van der Waals surface area contributed by atoms with Gasteiger partial charge < -0.3 is 0 Å². The lowest BCUT2D eigenvalue weighted by Gasteiger charge is -2.01. The second-order valence-electron chi connectivity index (χ2n) is 3.70. The summed E-state index contributed by atoms with van der Waals surface area (Å²) in [7, 11) is 0. The fourth-order valence-corrected chi connectivity index (χ4v) is 1.72. The number of hydrogen-bond donors (Lipinski definition) is 0. The molecule has 3 heterocycles. The summed E-state index contributed by atoms with van der Waals surface area (Å²) in [4.78, 5) is 4.09. The first kappa shape index (κ1) is 9.89. The normalized spacial score (nSPS) is 10.9. The molecule has 84 valence electrons. The van der Waals surface area contributed by atoms with Crippen LogP contribution in [0.2, 0.25) is 0 Å². The molecule has 3 rings (SSSR count). The summed E-state index contributed by atoms with van der Waals surface area (Å²) in [5.41, 5.74) is 2.64. The molecule has 5 nitrogen and oxygen atoms in total. The second kappa shape index (κ2) is 3.93. The van der Waals surface area contributed by atoms with Crippen molar-refractivity contribution in [3.63, 3.8) is 0 Å². The molecule has 0 fully saturated rings. The first-order chi connectivity index (χ1) is 8.38. The molecule has 0 atom stereocenters. The van der Waals surface area contributed by atoms with Crippen molar-refractivity contribution in [1.82, 2.24) is 24.8 Å². The molecule has 0 aliphatic rings. The zero-order valence-corrected chi connectivity index (χ0v) is 9.41. The van der Waals surface area contributed by atoms with Gasteiger partial charge in [-0.1, -0.05) is 6.92 Å². The molecule has 3 aromatic rings. The Morgan fingerprint density at radius 3 is 2.88 bits per heavy atom. The molecule has 0 bridgehead atoms. The smallest absolute Gasteiger partial charge is 0.177 e. The Labute approximate surface area is 98.2 Å². The zero-order chi connectivity index (χ0) is 11.7. The molecule has 0 N–H and O–H groups in total. The van der Waals surface area contributed by atoms with Crippen LogP contribution in [-0.2, 0) is 6.42 Å². The van der Waals surface area contributed by atoms with Gasteiger partial charge in [0.05, 0.1) is 5.69 Å². The molecule has 0 unspecified atom stereocenters. The number of aromatic nitrogens is 5. The predicted molar refractivity (Wildman–Crippen MR) is 63.4 cm³/mol. The lowest BCUT2D eigenvalue weighted by Crippen LogP contribution is -1.99. The Kier molecular flexibility index (Phi) is 2.29. The second-order valence-corrected chi connectivity index (χ2v) is 3.70. The van der Waals surface area contributed by atoms with E-state index >= 15 is 0 Å². The lowest BCUT2D eigenvalue weighted by molar-refractivity contribution is 0.826. The molecule has 0 saturated carbocycles. The van der Waals surface area contributed by atoms with E-state index in [1.807, 2.05) is 31.2 Å². The average molecular weight is 225 g/mol. The summed E-state index contributed by atoms with van der Waals surface area (Å²) < 4.78 is 1.78. The summed E-state index contributed by atoms with van der Waals surface area (Å²) in [6.45, 7) is 2.04. The molecule has 0 aromatic carbocycles. The largest absolute Gasteiger partial charge is 0.264 e. The van der Waals surface area contributed by atoms with Crippen LogP contribution in [0.4, 0.5) is 0 Å². The van der Waals surface area contributed by atoms with Crippen LogP contribution in [0.25, 0.3) is 16.9 Å². The van der Waals surface area contributed by atoms with Crippen LogP contribution < -0.4 is 0 Å². The number of pyridine rings is 1. The Morgan fingerprint density at radius 2 is 2.12 bits per heavy atom. The van der Waals surface area contributed by atoms with Crippen molar-refractivity contribution < 1.29 is 0 Å². The molecule has 0 aliphatic carbocycles. The van der Waals surface area contributed by atoms with Crippen molar-refractivity contribution in [2.45, 2.75) is 13.3 Å². The van der Waals surface area contributed by atoms with Gasteiger partial charge in [-0.05, 0) is 24.3 Å². The third-order valence-corrected chi connectivity index (χ3v) is 2.60. The van der Waals surface area contributed by atoms with E-state index in [-0.39, 0.29) is 0 Å². The van der Waals surface area contributed by atoms with Gasteiger partial charge in [0.25, 0.3) is 0 Å². The molecular weight excluding hydrogens is 214 g/mol. The molecule has 0 radical (unpaired) electrons. The van der Waals surface area contributed by atoms with Crippen molar-refractivity contribution in [2.75, 3.05) is 0 Å². The summed E-state index contributed by atoms with van der Waals surface area (Å²) in [6, 6.07) is 7.73. The Bertz CT molecular complexity index is 644. The van der Waals surface area contributed by atoms with E-state index in [0.717, 1.165) is 29.1 Å². The van der Waals surface area contributed by atoms with E-state index in [2.05, 4.69) is 20.3 Å². The van der Waals surface area contributed by atoms with Gasteiger partial charge in [-0.2, -0.15) is 9.61 Å². The third kappa shape index (κ3) is 1.65. The van der Waals surface area contributed by atoms with Gasteiger partial charge in [-0.15, -0.1) is 10.2 Å². The quantitative estimate of drug-likeness (QED) is 0.666. The van der Waals surface area contributed by atoms with Crippen molar-refractivity contribution in [3.05, 3.63) is 42.5 Å². The van der Waals surface area contributed by atoms with Crippen LogP contribution >= 0.6 is 0 Å². The average Bonchev–Trinajstić information content (AvgIpc) is 2.81. The summed E-state index contributed by atoms with van der Waals surface area (Å²) in [6.07, 6.45) is 4.35. The highest BCUT2D eigenvalue weighted by Crippen LogP contribution is 2.15. The van der Waals surface area contributed by atoms with Crippen LogP contribution in [0.15, 0.2) is 36.7 Å². The monoisotopic (exact) mass is 225 g/mol. The highest BCUT2D eigenvalue weighted by atomic mass is 15.4. The van der Waals surface area contributed by atoms with Gasteiger partial charge in [0.2, 0.25) is 0 Å². The van der Waals surface area contributed by atoms with Crippen LogP contribution in [-0.4, -0.2) is 24.8 Å². The van der Waals surface area contributed by atoms with E-state index in [9.17, 15) is 0 Å². The van der Waals surface area contributed by atoms with Gasteiger partial charge in [0, 0.05) is 24.4 Å². The third-order valence-electron chi connectivity index (χ3n) is 2.60. The van der Waals surface area contributed by atoms with Crippen molar-refractivity contribution >= 4 is 5.65 Å². The summed E-state index contributed by atoms with van der Waals surface area (Å²) in [5.74, 6) is 0.866. The topological polar surface area (TPSA) is 56.0 Å². The van der Waals surface area contributed by atoms with E-state index in [1.165, 1.54) is 0 Å². The van der Waals surface area contributed by atoms with E-state index in [4.69, 9.17) is 0 Å². The predicted octanol–water partition coefficient (Wildman–Crippen LogP) is 1.75. The van der Waals surface area contributed by atoms with Crippen LogP contribution in [0.1, 0.15) is 12.7 Å². The fraction of sp³-hybridized carbons (Fsp3) is 0.167. The number of fused-ring (bicyclic) bond motifs is 1. The Morgan fingerprint density at radius 1 is 1.18 bits per heavy atom. The van der Waals surface area contributed by atoms with E-state index < -0.39 is 0 Å². The van der Waals surface area contributed by atoms with Gasteiger partial charge >= 0.3 is 0 Å². The molecule has 0 amide bonds. The highest BCUT2D eigenvalue weighted by Gasteiger charge is 2.06. The lowest BCUT2D eigenvalue weighted by atomic mass is 10.2. The summed E-state index contributed by atoms with van der Waals surface area (Å²) >= 11 is 0. The Balaban J connectivity index is 2.19. The number of rotatable bonds is 2. The maximum Gasteiger partial charge on any atom is 0.177 e. The number of aryl methyl sites for hydroxylation is 1. The molecule has 0 spiro atoms. The van der Waals surface area contributed by atoms with Gasteiger partial charge in [0.1, 0.15) is 0 Å². The summed E-state index contributed by atoms with van der Waals surface area (Å²) in [5, 5.41) is 12.7. The molecule has 3 aromatic heterocycles. The van der Waals surface area contributed by atoms with Crippen LogP contribution in [0.5, 0.6) is 0 Å². The minimum absolute atomic E-state index is 0.773. The molecule has 0 aliphatic heterocycles.